The molecule has 0 amide bonds. The van der Waals surface area contributed by atoms with E-state index in [1.165, 1.54) is 12.1 Å². The SMILES string of the molecule is CCOC(=O)C(C)(N)CCCCOc1cccc(F)c1F. The molecule has 0 aromatic heterocycles. The summed E-state index contributed by atoms with van der Waals surface area (Å²) >= 11 is 0. The maximum absolute atomic E-state index is 13.3. The first-order valence-electron chi connectivity index (χ1n) is 6.91. The third-order valence-corrected chi connectivity index (χ3v) is 3.01. The summed E-state index contributed by atoms with van der Waals surface area (Å²) in [4.78, 5) is 11.6. The highest BCUT2D eigenvalue weighted by molar-refractivity contribution is 5.79. The number of unbranched alkanes of at least 4 members (excludes halogenated alkanes) is 1. The normalized spacial score (nSPS) is 13.6. The zero-order valence-corrected chi connectivity index (χ0v) is 12.3. The topological polar surface area (TPSA) is 61.5 Å². The fourth-order valence-corrected chi connectivity index (χ4v) is 1.77. The summed E-state index contributed by atoms with van der Waals surface area (Å²) in [7, 11) is 0. The van der Waals surface area contributed by atoms with E-state index in [2.05, 4.69) is 0 Å². The van der Waals surface area contributed by atoms with Gasteiger partial charge in [0.25, 0.3) is 0 Å². The van der Waals surface area contributed by atoms with Gasteiger partial charge in [-0.3, -0.25) is 4.79 Å². The van der Waals surface area contributed by atoms with E-state index in [9.17, 15) is 13.6 Å². The van der Waals surface area contributed by atoms with Crippen LogP contribution in [0.3, 0.4) is 0 Å². The lowest BCUT2D eigenvalue weighted by atomic mass is 9.96. The first-order chi connectivity index (χ1) is 9.88. The molecule has 118 valence electrons. The van der Waals surface area contributed by atoms with Crippen LogP contribution in [0.1, 0.15) is 33.1 Å². The predicted molar refractivity (Wildman–Crippen MR) is 74.9 cm³/mol. The van der Waals surface area contributed by atoms with Crippen LogP contribution in [0.5, 0.6) is 5.75 Å². The van der Waals surface area contributed by atoms with E-state index >= 15 is 0 Å². The number of hydrogen-bond donors (Lipinski definition) is 1. The molecular weight excluding hydrogens is 280 g/mol. The number of carbonyl (C=O) groups is 1. The van der Waals surface area contributed by atoms with Gasteiger partial charge in [-0.15, -0.1) is 0 Å². The van der Waals surface area contributed by atoms with Gasteiger partial charge in [0.1, 0.15) is 5.54 Å². The molecule has 1 aromatic rings. The summed E-state index contributed by atoms with van der Waals surface area (Å²) in [6.07, 6.45) is 1.62. The third-order valence-electron chi connectivity index (χ3n) is 3.01. The first kappa shape index (κ1) is 17.4. The summed E-state index contributed by atoms with van der Waals surface area (Å²) < 4.78 is 36.3. The maximum Gasteiger partial charge on any atom is 0.325 e. The highest BCUT2D eigenvalue weighted by atomic mass is 19.2. The fourth-order valence-electron chi connectivity index (χ4n) is 1.77. The number of esters is 1. The molecular formula is C15H21F2NO3. The molecule has 1 unspecified atom stereocenters. The Balaban J connectivity index is 2.32. The minimum atomic E-state index is -1.04. The fraction of sp³-hybridized carbons (Fsp3) is 0.533. The van der Waals surface area contributed by atoms with E-state index in [-0.39, 0.29) is 19.0 Å². The first-order valence-corrected chi connectivity index (χ1v) is 6.91. The van der Waals surface area contributed by atoms with Crippen molar-refractivity contribution >= 4 is 5.97 Å². The molecule has 1 aromatic carbocycles. The average molecular weight is 301 g/mol. The third kappa shape index (κ3) is 5.30. The van der Waals surface area contributed by atoms with Gasteiger partial charge in [0.05, 0.1) is 13.2 Å². The van der Waals surface area contributed by atoms with Gasteiger partial charge in [0.2, 0.25) is 5.82 Å². The van der Waals surface area contributed by atoms with Crippen LogP contribution in [0.15, 0.2) is 18.2 Å². The molecule has 0 fully saturated rings. The Morgan fingerprint density at radius 1 is 1.33 bits per heavy atom. The van der Waals surface area contributed by atoms with Crippen LogP contribution < -0.4 is 10.5 Å². The van der Waals surface area contributed by atoms with Crippen LogP contribution in [-0.4, -0.2) is 24.7 Å². The molecule has 0 aliphatic heterocycles. The Morgan fingerprint density at radius 3 is 2.71 bits per heavy atom. The highest BCUT2D eigenvalue weighted by Gasteiger charge is 2.29. The summed E-state index contributed by atoms with van der Waals surface area (Å²) in [5.41, 5.74) is 4.82. The smallest absolute Gasteiger partial charge is 0.325 e. The van der Waals surface area contributed by atoms with Gasteiger partial charge in [-0.2, -0.15) is 4.39 Å². The minimum Gasteiger partial charge on any atom is -0.490 e. The zero-order chi connectivity index (χ0) is 15.9. The van der Waals surface area contributed by atoms with E-state index in [1.54, 1.807) is 13.8 Å². The van der Waals surface area contributed by atoms with Gasteiger partial charge in [-0.25, -0.2) is 4.39 Å². The van der Waals surface area contributed by atoms with Crippen molar-refractivity contribution in [3.8, 4) is 5.75 Å². The van der Waals surface area contributed by atoms with E-state index in [4.69, 9.17) is 15.2 Å². The van der Waals surface area contributed by atoms with Gasteiger partial charge in [-0.1, -0.05) is 6.07 Å². The molecule has 1 rings (SSSR count). The molecule has 0 heterocycles. The van der Waals surface area contributed by atoms with Gasteiger partial charge >= 0.3 is 5.97 Å². The molecule has 2 N–H and O–H groups in total. The van der Waals surface area contributed by atoms with Crippen molar-refractivity contribution in [3.63, 3.8) is 0 Å². The van der Waals surface area contributed by atoms with Crippen molar-refractivity contribution in [2.45, 2.75) is 38.6 Å². The Morgan fingerprint density at radius 2 is 2.05 bits per heavy atom. The Kier molecular flexibility index (Phi) is 6.55. The van der Waals surface area contributed by atoms with Crippen molar-refractivity contribution in [2.24, 2.45) is 5.73 Å². The van der Waals surface area contributed by atoms with E-state index in [0.717, 1.165) is 6.07 Å². The molecule has 0 aliphatic rings. The van der Waals surface area contributed by atoms with Crippen LogP contribution in [0.25, 0.3) is 0 Å². The van der Waals surface area contributed by atoms with Crippen LogP contribution >= 0.6 is 0 Å². The number of benzene rings is 1. The van der Waals surface area contributed by atoms with Gasteiger partial charge in [0, 0.05) is 0 Å². The quantitative estimate of drug-likeness (QED) is 0.592. The van der Waals surface area contributed by atoms with Gasteiger partial charge in [0.15, 0.2) is 11.6 Å². The van der Waals surface area contributed by atoms with Crippen molar-refractivity contribution in [2.75, 3.05) is 13.2 Å². The lowest BCUT2D eigenvalue weighted by Gasteiger charge is -2.21. The Labute approximate surface area is 123 Å². The van der Waals surface area contributed by atoms with E-state index in [1.807, 2.05) is 0 Å². The second-order valence-electron chi connectivity index (χ2n) is 5.00. The highest BCUT2D eigenvalue weighted by Crippen LogP contribution is 2.20. The van der Waals surface area contributed by atoms with Crippen molar-refractivity contribution in [1.82, 2.24) is 0 Å². The molecule has 0 saturated heterocycles. The van der Waals surface area contributed by atoms with Crippen molar-refractivity contribution in [3.05, 3.63) is 29.8 Å². The molecule has 0 radical (unpaired) electrons. The molecule has 1 atom stereocenters. The summed E-state index contributed by atoms with van der Waals surface area (Å²) in [6, 6.07) is 3.77. The van der Waals surface area contributed by atoms with Gasteiger partial charge in [-0.05, 0) is 45.2 Å². The lowest BCUT2D eigenvalue weighted by molar-refractivity contribution is -0.149. The second-order valence-corrected chi connectivity index (χ2v) is 5.00. The minimum absolute atomic E-state index is 0.115. The van der Waals surface area contributed by atoms with Crippen LogP contribution in [0, 0.1) is 11.6 Å². The Bertz CT molecular complexity index is 478. The largest absolute Gasteiger partial charge is 0.490 e. The van der Waals surface area contributed by atoms with Crippen molar-refractivity contribution < 1.29 is 23.0 Å². The maximum atomic E-state index is 13.3. The number of nitrogens with two attached hydrogens (primary N) is 1. The number of carbonyl (C=O) groups excluding carboxylic acids is 1. The van der Waals surface area contributed by atoms with E-state index < -0.39 is 23.1 Å². The van der Waals surface area contributed by atoms with Crippen LogP contribution in [0.2, 0.25) is 0 Å². The number of rotatable bonds is 8. The predicted octanol–water partition coefficient (Wildman–Crippen LogP) is 2.79. The molecule has 6 heteroatoms. The molecule has 0 aliphatic carbocycles. The Hall–Kier alpha value is -1.69. The standard InChI is InChI=1S/C15H21F2NO3/c1-3-20-14(19)15(2,18)9-4-5-10-21-12-8-6-7-11(16)13(12)17/h6-8H,3-5,9-10,18H2,1-2H3. The molecule has 0 spiro atoms. The number of halogens is 2. The second kappa shape index (κ2) is 7.93. The van der Waals surface area contributed by atoms with Crippen LogP contribution in [0.4, 0.5) is 8.78 Å². The summed E-state index contributed by atoms with van der Waals surface area (Å²) in [6.45, 7) is 3.83. The zero-order valence-electron chi connectivity index (χ0n) is 12.3. The molecule has 4 nitrogen and oxygen atoms in total. The summed E-state index contributed by atoms with van der Waals surface area (Å²) in [5.74, 6) is -2.49. The average Bonchev–Trinajstić information content (AvgIpc) is 2.43. The molecule has 0 bridgehead atoms. The number of hydrogen-bond acceptors (Lipinski definition) is 4. The summed E-state index contributed by atoms with van der Waals surface area (Å²) in [5, 5.41) is 0. The monoisotopic (exact) mass is 301 g/mol. The number of ether oxygens (including phenoxy) is 2. The lowest BCUT2D eigenvalue weighted by Crippen LogP contribution is -2.46. The van der Waals surface area contributed by atoms with E-state index in [0.29, 0.717) is 19.3 Å². The van der Waals surface area contributed by atoms with Crippen molar-refractivity contribution in [1.29, 1.82) is 0 Å². The van der Waals surface area contributed by atoms with Gasteiger partial charge < -0.3 is 15.2 Å². The molecule has 0 saturated carbocycles. The van der Waals surface area contributed by atoms with Crippen LogP contribution in [-0.2, 0) is 9.53 Å². The molecule has 21 heavy (non-hydrogen) atoms.